The van der Waals surface area contributed by atoms with E-state index in [4.69, 9.17) is 9.47 Å². The van der Waals surface area contributed by atoms with Gasteiger partial charge in [-0.05, 0) is 26.2 Å². The van der Waals surface area contributed by atoms with Gasteiger partial charge < -0.3 is 24.4 Å². The first-order valence-electron chi connectivity index (χ1n) is 11.1. The van der Waals surface area contributed by atoms with Crippen molar-refractivity contribution in [2.24, 2.45) is 11.8 Å². The summed E-state index contributed by atoms with van der Waals surface area (Å²) in [4.78, 5) is 43.3. The highest BCUT2D eigenvalue weighted by Gasteiger charge is 2.78. The van der Waals surface area contributed by atoms with Gasteiger partial charge in [-0.2, -0.15) is 0 Å². The summed E-state index contributed by atoms with van der Waals surface area (Å²) >= 11 is 0. The number of hydrogen-bond donors (Lipinski definition) is 1. The molecule has 0 aromatic heterocycles. The number of likely N-dealkylation sites (tertiary alicyclic amines) is 1. The van der Waals surface area contributed by atoms with Gasteiger partial charge in [0, 0.05) is 19.6 Å². The normalized spacial score (nSPS) is 33.3. The standard InChI is InChI=1S/C23H34N2O6/c1-5-8-12-24(11-6-2)20(28)18-23-10-9-22(4,31-23)17(21(29)30-15-7-3)16(23)19(27)25(18)13-14-26/h6-7,16-18,26H,2-3,5,8-15H2,1,4H3/t16-,17+,18?,22-,23?/m0/s1. The zero-order valence-corrected chi connectivity index (χ0v) is 18.5. The lowest BCUT2D eigenvalue weighted by molar-refractivity contribution is -0.159. The van der Waals surface area contributed by atoms with Gasteiger partial charge >= 0.3 is 5.97 Å². The summed E-state index contributed by atoms with van der Waals surface area (Å²) in [6, 6.07) is -0.881. The molecular weight excluding hydrogens is 400 g/mol. The van der Waals surface area contributed by atoms with E-state index >= 15 is 0 Å². The van der Waals surface area contributed by atoms with Crippen molar-refractivity contribution < 1.29 is 29.0 Å². The van der Waals surface area contributed by atoms with Crippen molar-refractivity contribution >= 4 is 17.8 Å². The number of esters is 1. The van der Waals surface area contributed by atoms with Crippen molar-refractivity contribution in [3.63, 3.8) is 0 Å². The molecule has 0 aliphatic carbocycles. The van der Waals surface area contributed by atoms with E-state index in [0.29, 0.717) is 25.9 Å². The molecule has 0 aromatic rings. The van der Waals surface area contributed by atoms with Crippen LogP contribution in [-0.4, -0.2) is 82.8 Å². The SMILES string of the molecule is C=CCOC(=O)[C@H]1[C@H]2C(=O)N(CCO)C(C(=O)N(CC=C)CCCC)C23CC[C@]1(C)O3. The highest BCUT2D eigenvalue weighted by atomic mass is 16.6. The molecule has 3 heterocycles. The van der Waals surface area contributed by atoms with Crippen LogP contribution in [-0.2, 0) is 23.9 Å². The van der Waals surface area contributed by atoms with Crippen molar-refractivity contribution in [1.82, 2.24) is 9.80 Å². The number of ether oxygens (including phenoxy) is 2. The van der Waals surface area contributed by atoms with Crippen LogP contribution in [0.5, 0.6) is 0 Å². The third-order valence-corrected chi connectivity index (χ3v) is 6.89. The van der Waals surface area contributed by atoms with Gasteiger partial charge in [0.05, 0.1) is 18.1 Å². The highest BCUT2D eigenvalue weighted by Crippen LogP contribution is 2.63. The maximum absolute atomic E-state index is 13.7. The van der Waals surface area contributed by atoms with Crippen LogP contribution in [0.4, 0.5) is 0 Å². The fourth-order valence-electron chi connectivity index (χ4n) is 5.61. The molecule has 3 saturated heterocycles. The Balaban J connectivity index is 2.01. The summed E-state index contributed by atoms with van der Waals surface area (Å²) in [5.41, 5.74) is -1.96. The number of carbonyl (C=O) groups is 3. The minimum Gasteiger partial charge on any atom is -0.461 e. The minimum absolute atomic E-state index is 0.0116. The van der Waals surface area contributed by atoms with E-state index in [9.17, 15) is 19.5 Å². The lowest BCUT2D eigenvalue weighted by atomic mass is 9.66. The zero-order valence-electron chi connectivity index (χ0n) is 18.5. The minimum atomic E-state index is -1.10. The van der Waals surface area contributed by atoms with Crippen molar-refractivity contribution in [3.8, 4) is 0 Å². The highest BCUT2D eigenvalue weighted by molar-refractivity contribution is 5.98. The molecule has 0 radical (unpaired) electrons. The first-order chi connectivity index (χ1) is 14.8. The van der Waals surface area contributed by atoms with Crippen LogP contribution >= 0.6 is 0 Å². The molecule has 2 amide bonds. The van der Waals surface area contributed by atoms with Gasteiger partial charge in [-0.25, -0.2) is 0 Å². The third kappa shape index (κ3) is 3.69. The second kappa shape index (κ2) is 9.12. The molecule has 2 unspecified atom stereocenters. The Bertz CT molecular complexity index is 754. The lowest BCUT2D eigenvalue weighted by Crippen LogP contribution is -2.56. The van der Waals surface area contributed by atoms with Crippen LogP contribution in [0, 0.1) is 11.8 Å². The Kier molecular flexibility index (Phi) is 6.91. The molecule has 0 saturated carbocycles. The number of amides is 2. The van der Waals surface area contributed by atoms with E-state index < -0.39 is 35.0 Å². The number of fused-ring (bicyclic) bond motifs is 1. The van der Waals surface area contributed by atoms with E-state index in [-0.39, 0.29) is 31.6 Å². The fraction of sp³-hybridized carbons (Fsp3) is 0.696. The Morgan fingerprint density at radius 1 is 1.35 bits per heavy atom. The molecule has 1 spiro atoms. The molecule has 5 atom stereocenters. The van der Waals surface area contributed by atoms with Crippen LogP contribution in [0.3, 0.4) is 0 Å². The topological polar surface area (TPSA) is 96.4 Å². The quantitative estimate of drug-likeness (QED) is 0.389. The lowest BCUT2D eigenvalue weighted by Gasteiger charge is -2.36. The Hall–Kier alpha value is -2.19. The Morgan fingerprint density at radius 3 is 2.71 bits per heavy atom. The maximum atomic E-state index is 13.7. The van der Waals surface area contributed by atoms with Crippen molar-refractivity contribution in [2.45, 2.75) is 56.8 Å². The van der Waals surface area contributed by atoms with Crippen LogP contribution in [0.15, 0.2) is 25.3 Å². The number of unbranched alkanes of at least 4 members (excludes halogenated alkanes) is 1. The average molecular weight is 435 g/mol. The summed E-state index contributed by atoms with van der Waals surface area (Å²) < 4.78 is 11.8. The molecule has 3 aliphatic heterocycles. The number of hydrogen-bond acceptors (Lipinski definition) is 6. The molecule has 8 heteroatoms. The van der Waals surface area contributed by atoms with E-state index in [1.165, 1.54) is 11.0 Å². The Labute approximate surface area is 183 Å². The first kappa shape index (κ1) is 23.5. The molecule has 1 N–H and O–H groups in total. The second-order valence-corrected chi connectivity index (χ2v) is 8.83. The monoisotopic (exact) mass is 434 g/mol. The van der Waals surface area contributed by atoms with Crippen LogP contribution in [0.25, 0.3) is 0 Å². The molecule has 3 aliphatic rings. The van der Waals surface area contributed by atoms with E-state index in [0.717, 1.165) is 12.8 Å². The summed E-state index contributed by atoms with van der Waals surface area (Å²) in [5.74, 6) is -2.65. The number of carbonyl (C=O) groups excluding carboxylic acids is 3. The number of nitrogens with zero attached hydrogens (tertiary/aromatic N) is 2. The van der Waals surface area contributed by atoms with Gasteiger partial charge in [0.25, 0.3) is 0 Å². The van der Waals surface area contributed by atoms with Gasteiger partial charge in [0.1, 0.15) is 24.2 Å². The molecule has 3 rings (SSSR count). The molecule has 0 aromatic carbocycles. The summed E-state index contributed by atoms with van der Waals surface area (Å²) in [5, 5.41) is 9.62. The summed E-state index contributed by atoms with van der Waals surface area (Å²) in [6.45, 7) is 11.9. The van der Waals surface area contributed by atoms with Gasteiger partial charge in [-0.15, -0.1) is 6.58 Å². The largest absolute Gasteiger partial charge is 0.461 e. The molecule has 172 valence electrons. The van der Waals surface area contributed by atoms with Crippen LogP contribution in [0.2, 0.25) is 0 Å². The second-order valence-electron chi connectivity index (χ2n) is 8.83. The van der Waals surface area contributed by atoms with Gasteiger partial charge in [0.2, 0.25) is 11.8 Å². The average Bonchev–Trinajstić information content (AvgIpc) is 3.30. The predicted octanol–water partition coefficient (Wildman–Crippen LogP) is 1.29. The van der Waals surface area contributed by atoms with E-state index in [1.807, 2.05) is 13.8 Å². The first-order valence-corrected chi connectivity index (χ1v) is 11.1. The number of aliphatic hydroxyl groups is 1. The number of rotatable bonds is 11. The fourth-order valence-corrected chi connectivity index (χ4v) is 5.61. The van der Waals surface area contributed by atoms with Crippen LogP contribution in [0.1, 0.15) is 39.5 Å². The molecule has 31 heavy (non-hydrogen) atoms. The van der Waals surface area contributed by atoms with E-state index in [2.05, 4.69) is 13.2 Å². The zero-order chi connectivity index (χ0) is 22.8. The van der Waals surface area contributed by atoms with Crippen LogP contribution < -0.4 is 0 Å². The van der Waals surface area contributed by atoms with Crippen molar-refractivity contribution in [3.05, 3.63) is 25.3 Å². The number of β-amino-alcohol motifs (C(OH)–C–C–N with tert-alkyl or cyclic N) is 1. The van der Waals surface area contributed by atoms with Gasteiger partial charge in [-0.3, -0.25) is 14.4 Å². The van der Waals surface area contributed by atoms with Gasteiger partial charge in [0.15, 0.2) is 0 Å². The molecule has 8 nitrogen and oxygen atoms in total. The molecule has 3 fully saturated rings. The maximum Gasteiger partial charge on any atom is 0.313 e. The molecular formula is C23H34N2O6. The van der Waals surface area contributed by atoms with Crippen molar-refractivity contribution in [1.29, 1.82) is 0 Å². The van der Waals surface area contributed by atoms with Crippen molar-refractivity contribution in [2.75, 3.05) is 32.8 Å². The molecule has 2 bridgehead atoms. The Morgan fingerprint density at radius 2 is 2.10 bits per heavy atom. The van der Waals surface area contributed by atoms with Gasteiger partial charge in [-0.1, -0.05) is 32.1 Å². The summed E-state index contributed by atoms with van der Waals surface area (Å²) in [7, 11) is 0. The van der Waals surface area contributed by atoms with E-state index in [1.54, 1.807) is 11.0 Å². The number of aliphatic hydroxyl groups excluding tert-OH is 1. The summed E-state index contributed by atoms with van der Waals surface area (Å²) in [6.07, 6.45) is 5.94. The predicted molar refractivity (Wildman–Crippen MR) is 114 cm³/mol. The smallest absolute Gasteiger partial charge is 0.313 e. The third-order valence-electron chi connectivity index (χ3n) is 6.89.